The first-order valence-corrected chi connectivity index (χ1v) is 6.14. The lowest BCUT2D eigenvalue weighted by atomic mass is 10.1. The molecule has 0 bridgehead atoms. The largest absolute Gasteiger partial charge is 0.489 e. The lowest BCUT2D eigenvalue weighted by Crippen LogP contribution is -2.05. The van der Waals surface area contributed by atoms with E-state index in [-0.39, 0.29) is 11.9 Å². The topological polar surface area (TPSA) is 48.1 Å². The van der Waals surface area contributed by atoms with Gasteiger partial charge in [0.05, 0.1) is 6.20 Å². The van der Waals surface area contributed by atoms with Crippen molar-refractivity contribution in [3.05, 3.63) is 59.2 Å². The van der Waals surface area contributed by atoms with Crippen LogP contribution in [0.15, 0.2) is 36.7 Å². The quantitative estimate of drug-likeness (QED) is 0.918. The van der Waals surface area contributed by atoms with E-state index in [1.165, 1.54) is 12.3 Å². The van der Waals surface area contributed by atoms with Gasteiger partial charge in [-0.1, -0.05) is 12.1 Å². The van der Waals surface area contributed by atoms with Crippen molar-refractivity contribution in [2.45, 2.75) is 26.5 Å². The monoisotopic (exact) mass is 260 g/mol. The van der Waals surface area contributed by atoms with Gasteiger partial charge in [0.2, 0.25) is 0 Å². The molecule has 1 heterocycles. The van der Waals surface area contributed by atoms with Crippen molar-refractivity contribution in [1.29, 1.82) is 0 Å². The van der Waals surface area contributed by atoms with Crippen molar-refractivity contribution in [3.8, 4) is 5.75 Å². The van der Waals surface area contributed by atoms with Gasteiger partial charge < -0.3 is 10.5 Å². The Morgan fingerprint density at radius 2 is 2.11 bits per heavy atom. The lowest BCUT2D eigenvalue weighted by molar-refractivity contribution is 0.303. The molecular formula is C15H17FN2O. The number of nitrogens with zero attached hydrogens (tertiary/aromatic N) is 1. The van der Waals surface area contributed by atoms with E-state index < -0.39 is 0 Å². The molecule has 2 N–H and O–H groups in total. The number of nitrogens with two attached hydrogens (primary N) is 1. The molecule has 0 saturated carbocycles. The average molecular weight is 260 g/mol. The number of rotatable bonds is 4. The van der Waals surface area contributed by atoms with Gasteiger partial charge in [0.15, 0.2) is 0 Å². The van der Waals surface area contributed by atoms with E-state index in [9.17, 15) is 4.39 Å². The number of aryl methyl sites for hydroxylation is 1. The Bertz CT molecular complexity index is 570. The molecule has 19 heavy (non-hydrogen) atoms. The van der Waals surface area contributed by atoms with Gasteiger partial charge in [-0.25, -0.2) is 4.39 Å². The predicted molar refractivity (Wildman–Crippen MR) is 72.3 cm³/mol. The van der Waals surface area contributed by atoms with E-state index in [4.69, 9.17) is 10.5 Å². The summed E-state index contributed by atoms with van der Waals surface area (Å²) in [6.07, 6.45) is 2.76. The van der Waals surface area contributed by atoms with Crippen molar-refractivity contribution in [2.75, 3.05) is 0 Å². The van der Waals surface area contributed by atoms with Crippen molar-refractivity contribution in [1.82, 2.24) is 4.98 Å². The highest BCUT2D eigenvalue weighted by Crippen LogP contribution is 2.22. The molecule has 0 saturated heterocycles. The van der Waals surface area contributed by atoms with Crippen LogP contribution >= 0.6 is 0 Å². The highest BCUT2D eigenvalue weighted by atomic mass is 19.1. The smallest absolute Gasteiger partial charge is 0.141 e. The normalized spacial score (nSPS) is 12.2. The summed E-state index contributed by atoms with van der Waals surface area (Å²) in [7, 11) is 0. The van der Waals surface area contributed by atoms with Crippen LogP contribution in [-0.2, 0) is 6.61 Å². The molecule has 1 aromatic heterocycles. The third kappa shape index (κ3) is 3.51. The van der Waals surface area contributed by atoms with Gasteiger partial charge in [0.25, 0.3) is 0 Å². The zero-order valence-corrected chi connectivity index (χ0v) is 11.1. The highest BCUT2D eigenvalue weighted by Gasteiger charge is 2.05. The molecule has 0 radical (unpaired) electrons. The molecule has 100 valence electrons. The second kappa shape index (κ2) is 5.80. The van der Waals surface area contributed by atoms with Crippen LogP contribution in [0.25, 0.3) is 0 Å². The Morgan fingerprint density at radius 1 is 1.32 bits per heavy atom. The van der Waals surface area contributed by atoms with E-state index in [1.54, 1.807) is 6.20 Å². The maximum Gasteiger partial charge on any atom is 0.141 e. The molecule has 3 nitrogen and oxygen atoms in total. The Morgan fingerprint density at radius 3 is 2.74 bits per heavy atom. The molecule has 0 aliphatic heterocycles. The number of benzene rings is 1. The van der Waals surface area contributed by atoms with E-state index in [0.29, 0.717) is 12.2 Å². The van der Waals surface area contributed by atoms with Crippen LogP contribution in [0.4, 0.5) is 4.39 Å². The summed E-state index contributed by atoms with van der Waals surface area (Å²) in [5.74, 6) is 0.416. The van der Waals surface area contributed by atoms with Crippen LogP contribution in [0.1, 0.15) is 29.7 Å². The summed E-state index contributed by atoms with van der Waals surface area (Å²) < 4.78 is 18.6. The first-order chi connectivity index (χ1) is 9.06. The Kier molecular flexibility index (Phi) is 4.12. The minimum atomic E-state index is -0.356. The summed E-state index contributed by atoms with van der Waals surface area (Å²) in [6, 6.07) is 7.25. The zero-order chi connectivity index (χ0) is 13.8. The minimum absolute atomic E-state index is 0.000157. The molecule has 0 unspecified atom stereocenters. The lowest BCUT2D eigenvalue weighted by Gasteiger charge is -2.12. The fourth-order valence-corrected chi connectivity index (χ4v) is 1.81. The van der Waals surface area contributed by atoms with Crippen LogP contribution < -0.4 is 10.5 Å². The SMILES string of the molecule is Cc1cc([C@@H](C)N)ccc1OCc1cncc(F)c1. The third-order valence-electron chi connectivity index (χ3n) is 2.88. The maximum absolute atomic E-state index is 13.0. The molecule has 2 aromatic rings. The van der Waals surface area contributed by atoms with Gasteiger partial charge in [-0.15, -0.1) is 0 Å². The van der Waals surface area contributed by atoms with Crippen LogP contribution in [0.2, 0.25) is 0 Å². The van der Waals surface area contributed by atoms with E-state index in [2.05, 4.69) is 4.98 Å². The van der Waals surface area contributed by atoms with Gasteiger partial charge in [0, 0.05) is 17.8 Å². The number of pyridine rings is 1. The summed E-state index contributed by atoms with van der Waals surface area (Å²) in [5, 5.41) is 0. The summed E-state index contributed by atoms with van der Waals surface area (Å²) >= 11 is 0. The standard InChI is InChI=1S/C15H17FN2O/c1-10-5-13(11(2)17)3-4-15(10)19-9-12-6-14(16)8-18-7-12/h3-8,11H,9,17H2,1-2H3/t11-/m1/s1. The Labute approximate surface area is 112 Å². The summed E-state index contributed by atoms with van der Waals surface area (Å²) in [4.78, 5) is 3.78. The number of halogens is 1. The van der Waals surface area contributed by atoms with Crippen molar-refractivity contribution in [3.63, 3.8) is 0 Å². The number of hydrogen-bond acceptors (Lipinski definition) is 3. The first kappa shape index (κ1) is 13.5. The van der Waals surface area contributed by atoms with E-state index in [0.717, 1.165) is 16.9 Å². The Balaban J connectivity index is 2.07. The van der Waals surface area contributed by atoms with Crippen molar-refractivity contribution >= 4 is 0 Å². The molecule has 0 aliphatic carbocycles. The van der Waals surface area contributed by atoms with Crippen LogP contribution in [0.5, 0.6) is 5.75 Å². The van der Waals surface area contributed by atoms with E-state index in [1.807, 2.05) is 32.0 Å². The van der Waals surface area contributed by atoms with Crippen LogP contribution in [0.3, 0.4) is 0 Å². The maximum atomic E-state index is 13.0. The van der Waals surface area contributed by atoms with Crippen molar-refractivity contribution in [2.24, 2.45) is 5.73 Å². The highest BCUT2D eigenvalue weighted by molar-refractivity contribution is 5.37. The fraction of sp³-hybridized carbons (Fsp3) is 0.267. The first-order valence-electron chi connectivity index (χ1n) is 6.14. The Hall–Kier alpha value is -1.94. The molecule has 1 aromatic carbocycles. The molecule has 2 rings (SSSR count). The molecule has 0 spiro atoms. The van der Waals surface area contributed by atoms with Crippen LogP contribution in [-0.4, -0.2) is 4.98 Å². The van der Waals surface area contributed by atoms with Crippen LogP contribution in [0, 0.1) is 12.7 Å². The molecule has 0 fully saturated rings. The van der Waals surface area contributed by atoms with Gasteiger partial charge in [-0.05, 0) is 37.1 Å². The molecular weight excluding hydrogens is 243 g/mol. The minimum Gasteiger partial charge on any atom is -0.489 e. The van der Waals surface area contributed by atoms with Gasteiger partial charge in [-0.3, -0.25) is 4.98 Å². The zero-order valence-electron chi connectivity index (χ0n) is 11.1. The second-order valence-electron chi connectivity index (χ2n) is 4.61. The average Bonchev–Trinajstić information content (AvgIpc) is 2.37. The summed E-state index contributed by atoms with van der Waals surface area (Å²) in [5.41, 5.74) is 8.61. The predicted octanol–water partition coefficient (Wildman–Crippen LogP) is 3.13. The number of ether oxygens (including phenoxy) is 1. The van der Waals surface area contributed by atoms with E-state index >= 15 is 0 Å². The molecule has 4 heteroatoms. The third-order valence-corrected chi connectivity index (χ3v) is 2.88. The van der Waals surface area contributed by atoms with Crippen molar-refractivity contribution < 1.29 is 9.13 Å². The van der Waals surface area contributed by atoms with Gasteiger partial charge in [0.1, 0.15) is 18.2 Å². The van der Waals surface area contributed by atoms with Gasteiger partial charge >= 0.3 is 0 Å². The fourth-order valence-electron chi connectivity index (χ4n) is 1.81. The van der Waals surface area contributed by atoms with Gasteiger partial charge in [-0.2, -0.15) is 0 Å². The molecule has 0 aliphatic rings. The second-order valence-corrected chi connectivity index (χ2v) is 4.61. The summed E-state index contributed by atoms with van der Waals surface area (Å²) in [6.45, 7) is 4.20. The number of hydrogen-bond donors (Lipinski definition) is 1. The molecule has 1 atom stereocenters. The number of aromatic nitrogens is 1. The molecule has 0 amide bonds.